The number of carbonyl (C=O) groups is 2. The number of rotatable bonds is 4. The van der Waals surface area contributed by atoms with Gasteiger partial charge in [-0.25, -0.2) is 0 Å². The second-order valence-electron chi connectivity index (χ2n) is 2.71. The van der Waals surface area contributed by atoms with Crippen LogP contribution in [0.2, 0.25) is 0 Å². The Hall–Kier alpha value is -1.78. The minimum Gasteiger partial charge on any atom is -0.501 e. The molecule has 0 N–H and O–H groups in total. The Morgan fingerprint density at radius 1 is 1.07 bits per heavy atom. The van der Waals surface area contributed by atoms with E-state index in [1.54, 1.807) is 6.92 Å². The fourth-order valence-corrected chi connectivity index (χ4v) is 1.20. The number of hydrogen-bond donors (Lipinski definition) is 0. The molecule has 0 aromatic rings. The SMILES string of the molecule is CCOC=C1C(=O)C(OC)=C(OC)C1=O. The highest BCUT2D eigenvalue weighted by Gasteiger charge is 2.39. The van der Waals surface area contributed by atoms with E-state index in [1.165, 1.54) is 14.2 Å². The third-order valence-corrected chi connectivity index (χ3v) is 1.88. The van der Waals surface area contributed by atoms with Crippen LogP contribution in [0.15, 0.2) is 23.4 Å². The van der Waals surface area contributed by atoms with E-state index in [-0.39, 0.29) is 17.1 Å². The summed E-state index contributed by atoms with van der Waals surface area (Å²) in [6.07, 6.45) is 1.13. The van der Waals surface area contributed by atoms with Gasteiger partial charge in [0.15, 0.2) is 0 Å². The standard InChI is InChI=1S/C10H12O5/c1-4-15-5-6-7(11)9(13-2)10(14-3)8(6)12/h5H,4H2,1-3H3. The first-order valence-electron chi connectivity index (χ1n) is 4.40. The van der Waals surface area contributed by atoms with Crippen LogP contribution in [0.25, 0.3) is 0 Å². The molecule has 15 heavy (non-hydrogen) atoms. The van der Waals surface area contributed by atoms with Crippen molar-refractivity contribution in [3.8, 4) is 0 Å². The molecule has 5 heteroatoms. The minimum absolute atomic E-state index is 0.0643. The fourth-order valence-electron chi connectivity index (χ4n) is 1.20. The van der Waals surface area contributed by atoms with E-state index in [0.29, 0.717) is 6.61 Å². The molecule has 5 nitrogen and oxygen atoms in total. The zero-order valence-electron chi connectivity index (χ0n) is 8.83. The first-order valence-corrected chi connectivity index (χ1v) is 4.40. The van der Waals surface area contributed by atoms with Gasteiger partial charge < -0.3 is 14.2 Å². The van der Waals surface area contributed by atoms with Gasteiger partial charge in [0.25, 0.3) is 0 Å². The highest BCUT2D eigenvalue weighted by Crippen LogP contribution is 2.25. The number of carbonyl (C=O) groups excluding carboxylic acids is 2. The Morgan fingerprint density at radius 3 is 1.87 bits per heavy atom. The molecule has 0 fully saturated rings. The van der Waals surface area contributed by atoms with Crippen molar-refractivity contribution < 1.29 is 23.8 Å². The molecular formula is C10H12O5. The highest BCUT2D eigenvalue weighted by atomic mass is 16.5. The highest BCUT2D eigenvalue weighted by molar-refractivity contribution is 6.36. The number of allylic oxidation sites excluding steroid dienone is 2. The summed E-state index contributed by atoms with van der Waals surface area (Å²) in [5.41, 5.74) is -0.0643. The molecule has 0 spiro atoms. The van der Waals surface area contributed by atoms with Crippen LogP contribution >= 0.6 is 0 Å². The lowest BCUT2D eigenvalue weighted by atomic mass is 10.2. The summed E-state index contributed by atoms with van der Waals surface area (Å²) in [6, 6.07) is 0. The summed E-state index contributed by atoms with van der Waals surface area (Å²) < 4.78 is 14.5. The van der Waals surface area contributed by atoms with Gasteiger partial charge >= 0.3 is 0 Å². The molecule has 0 bridgehead atoms. The summed E-state index contributed by atoms with van der Waals surface area (Å²) >= 11 is 0. The molecule has 1 rings (SSSR count). The average Bonchev–Trinajstić information content (AvgIpc) is 2.47. The van der Waals surface area contributed by atoms with Crippen molar-refractivity contribution >= 4 is 11.6 Å². The van der Waals surface area contributed by atoms with Gasteiger partial charge in [-0.3, -0.25) is 9.59 Å². The van der Waals surface area contributed by atoms with E-state index >= 15 is 0 Å². The summed E-state index contributed by atoms with van der Waals surface area (Å²) in [5.74, 6) is -1.16. The molecule has 0 saturated heterocycles. The zero-order chi connectivity index (χ0) is 11.4. The summed E-state index contributed by atoms with van der Waals surface area (Å²) in [7, 11) is 2.62. The van der Waals surface area contributed by atoms with Crippen LogP contribution in [0, 0.1) is 0 Å². The van der Waals surface area contributed by atoms with Crippen LogP contribution in [0.3, 0.4) is 0 Å². The molecule has 0 radical (unpaired) electrons. The molecule has 0 saturated carbocycles. The van der Waals surface area contributed by atoms with Crippen molar-refractivity contribution in [3.05, 3.63) is 23.4 Å². The smallest absolute Gasteiger partial charge is 0.238 e. The minimum atomic E-state index is -0.507. The molecule has 0 unspecified atom stereocenters. The maximum absolute atomic E-state index is 11.6. The topological polar surface area (TPSA) is 61.8 Å². The Morgan fingerprint density at radius 2 is 1.53 bits per heavy atom. The van der Waals surface area contributed by atoms with Gasteiger partial charge in [0.2, 0.25) is 23.1 Å². The number of ether oxygens (including phenoxy) is 3. The molecule has 82 valence electrons. The number of methoxy groups -OCH3 is 2. The van der Waals surface area contributed by atoms with E-state index in [0.717, 1.165) is 6.26 Å². The fraction of sp³-hybridized carbons (Fsp3) is 0.400. The predicted molar refractivity (Wildman–Crippen MR) is 50.8 cm³/mol. The monoisotopic (exact) mass is 212 g/mol. The van der Waals surface area contributed by atoms with E-state index < -0.39 is 11.6 Å². The lowest BCUT2D eigenvalue weighted by Crippen LogP contribution is -2.06. The quantitative estimate of drug-likeness (QED) is 0.387. The van der Waals surface area contributed by atoms with Crippen molar-refractivity contribution in [2.75, 3.05) is 20.8 Å². The van der Waals surface area contributed by atoms with Crippen molar-refractivity contribution in [1.29, 1.82) is 0 Å². The first kappa shape index (κ1) is 11.3. The van der Waals surface area contributed by atoms with E-state index in [9.17, 15) is 9.59 Å². The Labute approximate surface area is 87.3 Å². The third kappa shape index (κ3) is 1.86. The van der Waals surface area contributed by atoms with Gasteiger partial charge in [-0.1, -0.05) is 0 Å². The van der Waals surface area contributed by atoms with Gasteiger partial charge in [-0.2, -0.15) is 0 Å². The molecule has 0 aromatic carbocycles. The zero-order valence-corrected chi connectivity index (χ0v) is 8.83. The largest absolute Gasteiger partial charge is 0.501 e. The van der Waals surface area contributed by atoms with Crippen molar-refractivity contribution in [3.63, 3.8) is 0 Å². The van der Waals surface area contributed by atoms with Gasteiger partial charge in [-0.15, -0.1) is 0 Å². The maximum Gasteiger partial charge on any atom is 0.238 e. The second-order valence-corrected chi connectivity index (χ2v) is 2.71. The predicted octanol–water partition coefficient (Wildman–Crippen LogP) is 0.563. The van der Waals surface area contributed by atoms with Crippen molar-refractivity contribution in [2.24, 2.45) is 0 Å². The Kier molecular flexibility index (Phi) is 3.49. The van der Waals surface area contributed by atoms with Crippen LogP contribution in [0.1, 0.15) is 6.92 Å². The normalized spacial score (nSPS) is 15.8. The molecule has 0 amide bonds. The average molecular weight is 212 g/mol. The van der Waals surface area contributed by atoms with Gasteiger partial charge in [0.1, 0.15) is 5.57 Å². The van der Waals surface area contributed by atoms with Crippen LogP contribution in [0.4, 0.5) is 0 Å². The molecule has 0 heterocycles. The Bertz CT molecular complexity index is 323. The van der Waals surface area contributed by atoms with Crippen LogP contribution in [-0.4, -0.2) is 32.4 Å². The molecule has 0 atom stereocenters. The molecule has 0 aliphatic heterocycles. The first-order chi connectivity index (χ1) is 7.17. The molecular weight excluding hydrogens is 200 g/mol. The van der Waals surface area contributed by atoms with E-state index in [2.05, 4.69) is 0 Å². The van der Waals surface area contributed by atoms with E-state index in [1.807, 2.05) is 0 Å². The van der Waals surface area contributed by atoms with Crippen LogP contribution in [0.5, 0.6) is 0 Å². The van der Waals surface area contributed by atoms with Crippen LogP contribution in [-0.2, 0) is 23.8 Å². The lowest BCUT2D eigenvalue weighted by Gasteiger charge is -1.99. The van der Waals surface area contributed by atoms with Gasteiger partial charge in [0, 0.05) is 0 Å². The molecule has 1 aliphatic carbocycles. The maximum atomic E-state index is 11.6. The van der Waals surface area contributed by atoms with Gasteiger partial charge in [0.05, 0.1) is 27.1 Å². The lowest BCUT2D eigenvalue weighted by molar-refractivity contribution is -0.117. The summed E-state index contributed by atoms with van der Waals surface area (Å²) in [6.45, 7) is 2.14. The van der Waals surface area contributed by atoms with E-state index in [4.69, 9.17) is 14.2 Å². The van der Waals surface area contributed by atoms with Crippen molar-refractivity contribution in [2.45, 2.75) is 6.92 Å². The molecule has 0 aromatic heterocycles. The third-order valence-electron chi connectivity index (χ3n) is 1.88. The number of ketones is 2. The van der Waals surface area contributed by atoms with Crippen molar-refractivity contribution in [1.82, 2.24) is 0 Å². The summed E-state index contributed by atoms with van der Waals surface area (Å²) in [5, 5.41) is 0. The molecule has 1 aliphatic rings. The second kappa shape index (κ2) is 4.63. The number of Topliss-reactive ketones (excluding diaryl/α,β-unsaturated/α-hetero) is 2. The van der Waals surface area contributed by atoms with Crippen LogP contribution < -0.4 is 0 Å². The number of hydrogen-bond acceptors (Lipinski definition) is 5. The Balaban J connectivity index is 3.05. The van der Waals surface area contributed by atoms with Gasteiger partial charge in [-0.05, 0) is 6.92 Å². The summed E-state index contributed by atoms with van der Waals surface area (Å²) in [4.78, 5) is 23.2.